The van der Waals surface area contributed by atoms with Crippen LogP contribution in [0.5, 0.6) is 5.75 Å². The molecule has 0 spiro atoms. The van der Waals surface area contributed by atoms with Gasteiger partial charge in [-0.3, -0.25) is 4.79 Å². The highest BCUT2D eigenvalue weighted by Crippen LogP contribution is 2.26. The summed E-state index contributed by atoms with van der Waals surface area (Å²) in [5.41, 5.74) is 1.85. The third kappa shape index (κ3) is 4.59. The van der Waals surface area contributed by atoms with E-state index in [2.05, 4.69) is 15.5 Å². The molecule has 2 aromatic heterocycles. The van der Waals surface area contributed by atoms with Gasteiger partial charge in [0.2, 0.25) is 11.7 Å². The van der Waals surface area contributed by atoms with Crippen molar-refractivity contribution < 1.29 is 18.4 Å². The van der Waals surface area contributed by atoms with Gasteiger partial charge in [0, 0.05) is 23.3 Å². The van der Waals surface area contributed by atoms with E-state index in [4.69, 9.17) is 20.9 Å². The van der Waals surface area contributed by atoms with E-state index in [-0.39, 0.29) is 29.9 Å². The molecule has 0 atom stereocenters. The third-order valence-electron chi connectivity index (χ3n) is 4.63. The highest BCUT2D eigenvalue weighted by Gasteiger charge is 2.16. The Morgan fingerprint density at radius 3 is 2.84 bits per heavy atom. The summed E-state index contributed by atoms with van der Waals surface area (Å²) in [6.45, 7) is 0.379. The first-order valence-electron chi connectivity index (χ1n) is 9.38. The minimum Gasteiger partial charge on any atom is -0.494 e. The molecule has 2 heterocycles. The third-order valence-corrected chi connectivity index (χ3v) is 5.00. The normalized spacial score (nSPS) is 10.8. The van der Waals surface area contributed by atoms with Gasteiger partial charge in [-0.1, -0.05) is 35.0 Å². The predicted octanol–water partition coefficient (Wildman–Crippen LogP) is 4.32. The molecule has 0 unspecified atom stereocenters. The van der Waals surface area contributed by atoms with Gasteiger partial charge in [0.15, 0.2) is 11.6 Å². The van der Waals surface area contributed by atoms with Crippen LogP contribution in [0.2, 0.25) is 5.02 Å². The summed E-state index contributed by atoms with van der Waals surface area (Å²) in [6, 6.07) is 15.2. The zero-order valence-corrected chi connectivity index (χ0v) is 17.3. The molecule has 9 heteroatoms. The van der Waals surface area contributed by atoms with Crippen LogP contribution < -0.4 is 10.1 Å². The minimum absolute atomic E-state index is 0.0572. The van der Waals surface area contributed by atoms with Gasteiger partial charge < -0.3 is 19.1 Å². The van der Waals surface area contributed by atoms with Crippen molar-refractivity contribution >= 4 is 17.5 Å². The second-order valence-corrected chi connectivity index (χ2v) is 7.07. The number of methoxy groups -OCH3 is 1. The molecule has 31 heavy (non-hydrogen) atoms. The van der Waals surface area contributed by atoms with Crippen LogP contribution in [-0.4, -0.2) is 27.7 Å². The Kier molecular flexibility index (Phi) is 5.99. The van der Waals surface area contributed by atoms with E-state index in [9.17, 15) is 9.18 Å². The van der Waals surface area contributed by atoms with Crippen molar-refractivity contribution in [3.05, 3.63) is 77.2 Å². The topological polar surface area (TPSA) is 82.2 Å². The molecule has 0 saturated heterocycles. The van der Waals surface area contributed by atoms with Crippen molar-refractivity contribution in [2.24, 2.45) is 0 Å². The maximum Gasteiger partial charge on any atom is 0.274 e. The Balaban J connectivity index is 1.47. The number of benzene rings is 2. The summed E-state index contributed by atoms with van der Waals surface area (Å²) < 4.78 is 25.9. The van der Waals surface area contributed by atoms with Gasteiger partial charge in [-0.15, -0.1) is 0 Å². The Labute approximate surface area is 182 Å². The van der Waals surface area contributed by atoms with E-state index in [1.807, 2.05) is 18.2 Å². The fourth-order valence-electron chi connectivity index (χ4n) is 3.04. The van der Waals surface area contributed by atoms with Gasteiger partial charge in [-0.2, -0.15) is 4.98 Å². The number of ether oxygens (including phenoxy) is 1. The number of hydrogen-bond donors (Lipinski definition) is 1. The van der Waals surface area contributed by atoms with Crippen molar-refractivity contribution in [3.63, 3.8) is 0 Å². The first-order chi connectivity index (χ1) is 15.0. The van der Waals surface area contributed by atoms with E-state index in [1.165, 1.54) is 19.2 Å². The van der Waals surface area contributed by atoms with E-state index in [0.717, 1.165) is 5.56 Å². The van der Waals surface area contributed by atoms with Gasteiger partial charge in [-0.25, -0.2) is 4.39 Å². The SMILES string of the molecule is COc1ccc(-c2noc(-c3cccn3CC(=O)NCc3ccccc3Cl)n2)cc1F. The Morgan fingerprint density at radius 2 is 2.06 bits per heavy atom. The maximum atomic E-state index is 14.0. The summed E-state index contributed by atoms with van der Waals surface area (Å²) in [4.78, 5) is 16.7. The summed E-state index contributed by atoms with van der Waals surface area (Å²) in [5.74, 6) is -0.147. The lowest BCUT2D eigenvalue weighted by Gasteiger charge is -2.09. The molecule has 0 fully saturated rings. The quantitative estimate of drug-likeness (QED) is 0.462. The lowest BCUT2D eigenvalue weighted by atomic mass is 10.2. The average Bonchev–Trinajstić information content (AvgIpc) is 3.42. The second kappa shape index (κ2) is 9.01. The molecule has 0 aliphatic rings. The van der Waals surface area contributed by atoms with Gasteiger partial charge in [0.05, 0.1) is 7.11 Å². The number of nitrogens with zero attached hydrogens (tertiary/aromatic N) is 3. The second-order valence-electron chi connectivity index (χ2n) is 6.66. The van der Waals surface area contributed by atoms with Gasteiger partial charge in [0.1, 0.15) is 12.2 Å². The molecule has 2 aromatic carbocycles. The molecule has 158 valence electrons. The predicted molar refractivity (Wildman–Crippen MR) is 113 cm³/mol. The van der Waals surface area contributed by atoms with Gasteiger partial charge in [0.25, 0.3) is 5.89 Å². The molecular weight excluding hydrogens is 423 g/mol. The van der Waals surface area contributed by atoms with Crippen LogP contribution >= 0.6 is 11.6 Å². The lowest BCUT2D eigenvalue weighted by molar-refractivity contribution is -0.121. The smallest absolute Gasteiger partial charge is 0.274 e. The number of amides is 1. The minimum atomic E-state index is -0.523. The van der Waals surface area contributed by atoms with E-state index >= 15 is 0 Å². The average molecular weight is 441 g/mol. The van der Waals surface area contributed by atoms with Gasteiger partial charge >= 0.3 is 0 Å². The van der Waals surface area contributed by atoms with Crippen LogP contribution in [0.1, 0.15) is 5.56 Å². The first kappa shape index (κ1) is 20.6. The van der Waals surface area contributed by atoms with Crippen molar-refractivity contribution in [1.82, 2.24) is 20.0 Å². The Bertz CT molecular complexity index is 1220. The first-order valence-corrected chi connectivity index (χ1v) is 9.76. The standard InChI is InChI=1S/C22H18ClFN4O3/c1-30-19-9-8-14(11-17(19)24)21-26-22(31-27-21)18-7-4-10-28(18)13-20(29)25-12-15-5-2-3-6-16(15)23/h2-11H,12-13H2,1H3,(H,25,29). The van der Waals surface area contributed by atoms with Crippen LogP contribution in [-0.2, 0) is 17.9 Å². The maximum absolute atomic E-state index is 14.0. The zero-order chi connectivity index (χ0) is 21.8. The van der Waals surface area contributed by atoms with Crippen LogP contribution in [0, 0.1) is 5.82 Å². The molecular formula is C22H18ClFN4O3. The lowest BCUT2D eigenvalue weighted by Crippen LogP contribution is -2.27. The van der Waals surface area contributed by atoms with Crippen LogP contribution in [0.25, 0.3) is 23.0 Å². The van der Waals surface area contributed by atoms with Crippen LogP contribution in [0.15, 0.2) is 65.3 Å². The Morgan fingerprint density at radius 1 is 1.23 bits per heavy atom. The number of aromatic nitrogens is 3. The number of carbonyl (C=O) groups is 1. The summed E-state index contributed by atoms with van der Waals surface area (Å²) >= 11 is 6.12. The molecule has 4 rings (SSSR count). The van der Waals surface area contributed by atoms with E-state index in [1.54, 1.807) is 35.0 Å². The molecule has 0 aliphatic heterocycles. The van der Waals surface area contributed by atoms with E-state index in [0.29, 0.717) is 22.8 Å². The molecule has 0 radical (unpaired) electrons. The van der Waals surface area contributed by atoms with Gasteiger partial charge in [-0.05, 0) is 42.0 Å². The molecule has 7 nitrogen and oxygen atoms in total. The highest BCUT2D eigenvalue weighted by atomic mass is 35.5. The number of halogens is 2. The van der Waals surface area contributed by atoms with Crippen molar-refractivity contribution in [3.8, 4) is 28.7 Å². The zero-order valence-electron chi connectivity index (χ0n) is 16.5. The Hall–Kier alpha value is -3.65. The molecule has 0 aliphatic carbocycles. The number of nitrogens with one attached hydrogen (secondary N) is 1. The van der Waals surface area contributed by atoms with Crippen LogP contribution in [0.4, 0.5) is 4.39 Å². The fourth-order valence-corrected chi connectivity index (χ4v) is 3.25. The van der Waals surface area contributed by atoms with Crippen molar-refractivity contribution in [1.29, 1.82) is 0 Å². The molecule has 0 bridgehead atoms. The molecule has 0 saturated carbocycles. The number of hydrogen-bond acceptors (Lipinski definition) is 5. The van der Waals surface area contributed by atoms with Crippen molar-refractivity contribution in [2.45, 2.75) is 13.1 Å². The summed E-state index contributed by atoms with van der Waals surface area (Å²) in [7, 11) is 1.39. The van der Waals surface area contributed by atoms with E-state index < -0.39 is 5.82 Å². The summed E-state index contributed by atoms with van der Waals surface area (Å²) in [5, 5.41) is 7.36. The monoisotopic (exact) mass is 440 g/mol. The number of rotatable bonds is 7. The summed E-state index contributed by atoms with van der Waals surface area (Å²) in [6.07, 6.45) is 1.74. The number of carbonyl (C=O) groups excluding carboxylic acids is 1. The highest BCUT2D eigenvalue weighted by molar-refractivity contribution is 6.31. The molecule has 4 aromatic rings. The molecule has 1 N–H and O–H groups in total. The largest absolute Gasteiger partial charge is 0.494 e. The molecule has 1 amide bonds. The fraction of sp³-hybridized carbons (Fsp3) is 0.136. The van der Waals surface area contributed by atoms with Crippen molar-refractivity contribution in [2.75, 3.05) is 7.11 Å². The van der Waals surface area contributed by atoms with Crippen LogP contribution in [0.3, 0.4) is 0 Å².